The van der Waals surface area contributed by atoms with Crippen LogP contribution >= 0.6 is 15.9 Å². The molecule has 104 valence electrons. The number of carbonyl (C=O) groups is 2. The van der Waals surface area contributed by atoms with Crippen LogP contribution in [0.5, 0.6) is 0 Å². The Morgan fingerprint density at radius 3 is 2.68 bits per heavy atom. The average Bonchev–Trinajstić information content (AvgIpc) is 2.85. The molecule has 1 aliphatic heterocycles. The van der Waals surface area contributed by atoms with Gasteiger partial charge in [-0.2, -0.15) is 0 Å². The van der Waals surface area contributed by atoms with Gasteiger partial charge in [-0.3, -0.25) is 9.59 Å². The van der Waals surface area contributed by atoms with E-state index in [1.807, 2.05) is 6.92 Å². The molecule has 0 radical (unpaired) electrons. The summed E-state index contributed by atoms with van der Waals surface area (Å²) in [5.74, 6) is 0.0447. The number of amides is 2. The molecule has 2 amide bonds. The second-order valence-corrected chi connectivity index (χ2v) is 5.32. The molecule has 19 heavy (non-hydrogen) atoms. The van der Waals surface area contributed by atoms with Gasteiger partial charge in [-0.25, -0.2) is 0 Å². The molecule has 1 saturated heterocycles. The Bertz CT molecular complexity index is 464. The number of nitrogens with one attached hydrogen (secondary N) is 1. The summed E-state index contributed by atoms with van der Waals surface area (Å²) >= 11 is 3.22. The van der Waals surface area contributed by atoms with E-state index in [2.05, 4.69) is 21.2 Å². The number of piperidine rings is 1. The number of halogens is 1. The lowest BCUT2D eigenvalue weighted by Crippen LogP contribution is -2.46. The third kappa shape index (κ3) is 3.37. The van der Waals surface area contributed by atoms with Crippen molar-refractivity contribution in [1.82, 2.24) is 10.2 Å². The number of rotatable bonds is 3. The molecule has 2 rings (SSSR count). The highest BCUT2D eigenvalue weighted by atomic mass is 79.9. The number of hydrogen-bond donors (Lipinski definition) is 1. The van der Waals surface area contributed by atoms with Gasteiger partial charge in [-0.05, 0) is 34.8 Å². The van der Waals surface area contributed by atoms with Crippen molar-refractivity contribution in [2.24, 2.45) is 0 Å². The quantitative estimate of drug-likeness (QED) is 0.924. The van der Waals surface area contributed by atoms with Gasteiger partial charge in [0, 0.05) is 25.6 Å². The Morgan fingerprint density at radius 2 is 2.16 bits per heavy atom. The maximum Gasteiger partial charge on any atom is 0.258 e. The zero-order chi connectivity index (χ0) is 13.8. The van der Waals surface area contributed by atoms with Crippen molar-refractivity contribution in [3.8, 4) is 0 Å². The summed E-state index contributed by atoms with van der Waals surface area (Å²) in [7, 11) is 0. The molecular weight excluding hydrogens is 312 g/mol. The van der Waals surface area contributed by atoms with Gasteiger partial charge in [-0.1, -0.05) is 6.92 Å². The smallest absolute Gasteiger partial charge is 0.258 e. The molecule has 5 nitrogen and oxygen atoms in total. The Balaban J connectivity index is 1.88. The van der Waals surface area contributed by atoms with Gasteiger partial charge in [-0.15, -0.1) is 0 Å². The minimum Gasteiger partial charge on any atom is -0.457 e. The van der Waals surface area contributed by atoms with Crippen LogP contribution in [0.3, 0.4) is 0 Å². The second kappa shape index (κ2) is 6.23. The van der Waals surface area contributed by atoms with Crippen LogP contribution in [0.15, 0.2) is 21.4 Å². The molecule has 1 N–H and O–H groups in total. The molecule has 1 aliphatic rings. The lowest BCUT2D eigenvalue weighted by Gasteiger charge is -2.32. The van der Waals surface area contributed by atoms with Crippen LogP contribution in [-0.2, 0) is 4.79 Å². The maximum atomic E-state index is 12.2. The zero-order valence-electron chi connectivity index (χ0n) is 10.8. The Labute approximate surface area is 120 Å². The van der Waals surface area contributed by atoms with Crippen LogP contribution < -0.4 is 5.32 Å². The average molecular weight is 329 g/mol. The first-order valence-corrected chi connectivity index (χ1v) is 7.22. The minimum absolute atomic E-state index is 0.0270. The van der Waals surface area contributed by atoms with Gasteiger partial charge in [0.1, 0.15) is 0 Å². The van der Waals surface area contributed by atoms with Gasteiger partial charge in [0.15, 0.2) is 4.67 Å². The number of carbonyl (C=O) groups excluding carboxylic acids is 2. The summed E-state index contributed by atoms with van der Waals surface area (Å²) < 4.78 is 5.55. The third-order valence-electron chi connectivity index (χ3n) is 3.32. The van der Waals surface area contributed by atoms with Crippen molar-refractivity contribution in [1.29, 1.82) is 0 Å². The normalized spacial score (nSPS) is 16.4. The highest BCUT2D eigenvalue weighted by Gasteiger charge is 2.26. The molecule has 0 aromatic carbocycles. The second-order valence-electron chi connectivity index (χ2n) is 4.60. The number of hydrogen-bond acceptors (Lipinski definition) is 3. The van der Waals surface area contributed by atoms with Crippen molar-refractivity contribution in [3.05, 3.63) is 22.6 Å². The molecule has 1 aromatic heterocycles. The summed E-state index contributed by atoms with van der Waals surface area (Å²) in [5, 5.41) is 2.97. The van der Waals surface area contributed by atoms with Gasteiger partial charge in [0.25, 0.3) is 5.91 Å². The number of furan rings is 1. The van der Waals surface area contributed by atoms with E-state index in [0.29, 0.717) is 29.7 Å². The summed E-state index contributed by atoms with van der Waals surface area (Å²) in [4.78, 5) is 25.3. The molecule has 0 saturated carbocycles. The third-order valence-corrected chi connectivity index (χ3v) is 3.93. The predicted molar refractivity (Wildman–Crippen MR) is 73.8 cm³/mol. The summed E-state index contributed by atoms with van der Waals surface area (Å²) in [5.41, 5.74) is 0.552. The molecule has 1 aromatic rings. The topological polar surface area (TPSA) is 62.6 Å². The predicted octanol–water partition coefficient (Wildman–Crippen LogP) is 2.17. The van der Waals surface area contributed by atoms with Crippen molar-refractivity contribution < 1.29 is 14.0 Å². The Morgan fingerprint density at radius 1 is 1.47 bits per heavy atom. The lowest BCUT2D eigenvalue weighted by atomic mass is 10.0. The van der Waals surface area contributed by atoms with E-state index < -0.39 is 0 Å². The fourth-order valence-electron chi connectivity index (χ4n) is 2.17. The molecule has 0 atom stereocenters. The van der Waals surface area contributed by atoms with E-state index in [4.69, 9.17) is 4.42 Å². The van der Waals surface area contributed by atoms with Crippen LogP contribution in [0.25, 0.3) is 0 Å². The standard InChI is InChI=1S/C13H17BrN2O3/c1-2-11(17)15-9-3-6-16(7-4-9)13(18)10-5-8-19-12(10)14/h5,8-9H,2-4,6-7H2,1H3,(H,15,17). The Hall–Kier alpha value is -1.30. The largest absolute Gasteiger partial charge is 0.457 e. The summed E-state index contributed by atoms with van der Waals surface area (Å²) in [6, 6.07) is 1.85. The first-order chi connectivity index (χ1) is 9.11. The fraction of sp³-hybridized carbons (Fsp3) is 0.538. The van der Waals surface area contributed by atoms with Crippen LogP contribution in [0, 0.1) is 0 Å². The summed E-state index contributed by atoms with van der Waals surface area (Å²) in [6.07, 6.45) is 3.59. The van der Waals surface area contributed by atoms with E-state index in [-0.39, 0.29) is 17.9 Å². The van der Waals surface area contributed by atoms with Crippen LogP contribution in [-0.4, -0.2) is 35.8 Å². The molecule has 1 fully saturated rings. The first kappa shape index (κ1) is 14.1. The van der Waals surface area contributed by atoms with Crippen molar-refractivity contribution >= 4 is 27.7 Å². The monoisotopic (exact) mass is 328 g/mol. The molecule has 0 bridgehead atoms. The summed E-state index contributed by atoms with van der Waals surface area (Å²) in [6.45, 7) is 3.15. The van der Waals surface area contributed by atoms with E-state index in [0.717, 1.165) is 12.8 Å². The molecule has 0 unspecified atom stereocenters. The minimum atomic E-state index is -0.0270. The molecule has 6 heteroatoms. The first-order valence-electron chi connectivity index (χ1n) is 6.43. The highest BCUT2D eigenvalue weighted by molar-refractivity contribution is 9.10. The van der Waals surface area contributed by atoms with Gasteiger partial charge >= 0.3 is 0 Å². The Kier molecular flexibility index (Phi) is 4.63. The van der Waals surface area contributed by atoms with E-state index in [1.54, 1.807) is 11.0 Å². The zero-order valence-corrected chi connectivity index (χ0v) is 12.4. The number of nitrogens with zero attached hydrogens (tertiary/aromatic N) is 1. The lowest BCUT2D eigenvalue weighted by molar-refractivity contribution is -0.121. The van der Waals surface area contributed by atoms with Crippen molar-refractivity contribution in [3.63, 3.8) is 0 Å². The fourth-order valence-corrected chi connectivity index (χ4v) is 2.58. The van der Waals surface area contributed by atoms with Crippen LogP contribution in [0.2, 0.25) is 0 Å². The number of likely N-dealkylation sites (tertiary alicyclic amines) is 1. The van der Waals surface area contributed by atoms with Gasteiger partial charge in [0.2, 0.25) is 5.91 Å². The van der Waals surface area contributed by atoms with E-state index >= 15 is 0 Å². The van der Waals surface area contributed by atoms with Crippen molar-refractivity contribution in [2.45, 2.75) is 32.2 Å². The molecule has 0 spiro atoms. The highest BCUT2D eigenvalue weighted by Crippen LogP contribution is 2.21. The maximum absolute atomic E-state index is 12.2. The van der Waals surface area contributed by atoms with Crippen LogP contribution in [0.1, 0.15) is 36.5 Å². The molecule has 2 heterocycles. The van der Waals surface area contributed by atoms with Gasteiger partial charge < -0.3 is 14.6 Å². The van der Waals surface area contributed by atoms with Gasteiger partial charge in [0.05, 0.1) is 11.8 Å². The molecular formula is C13H17BrN2O3. The molecule has 0 aliphatic carbocycles. The van der Waals surface area contributed by atoms with E-state index in [1.165, 1.54) is 6.26 Å². The van der Waals surface area contributed by atoms with Crippen molar-refractivity contribution in [2.75, 3.05) is 13.1 Å². The van der Waals surface area contributed by atoms with E-state index in [9.17, 15) is 9.59 Å². The SMILES string of the molecule is CCC(=O)NC1CCN(C(=O)c2ccoc2Br)CC1. The van der Waals surface area contributed by atoms with Crippen LogP contribution in [0.4, 0.5) is 0 Å².